The van der Waals surface area contributed by atoms with Gasteiger partial charge >= 0.3 is 0 Å². The van der Waals surface area contributed by atoms with Crippen molar-refractivity contribution < 1.29 is 18.8 Å². The van der Waals surface area contributed by atoms with Crippen molar-refractivity contribution in [3.05, 3.63) is 51.7 Å². The Hall–Kier alpha value is -2.87. The first-order chi connectivity index (χ1) is 12.1. The molecule has 2 aromatic heterocycles. The van der Waals surface area contributed by atoms with Gasteiger partial charge in [0.1, 0.15) is 22.3 Å². The van der Waals surface area contributed by atoms with Crippen molar-refractivity contribution in [3.8, 4) is 11.5 Å². The van der Waals surface area contributed by atoms with Gasteiger partial charge < -0.3 is 19.3 Å². The highest BCUT2D eigenvalue weighted by atomic mass is 32.1. The van der Waals surface area contributed by atoms with Gasteiger partial charge in [-0.25, -0.2) is 4.98 Å². The van der Waals surface area contributed by atoms with Gasteiger partial charge in [-0.3, -0.25) is 4.79 Å². The van der Waals surface area contributed by atoms with Crippen LogP contribution < -0.4 is 14.8 Å². The minimum atomic E-state index is -0.338. The number of rotatable bonds is 3. The summed E-state index contributed by atoms with van der Waals surface area (Å²) in [6, 6.07) is 9.14. The number of nitrogens with one attached hydrogen (secondary N) is 1. The van der Waals surface area contributed by atoms with Crippen molar-refractivity contribution in [1.29, 1.82) is 0 Å². The maximum atomic E-state index is 12.4. The van der Waals surface area contributed by atoms with Crippen LogP contribution >= 0.6 is 11.3 Å². The van der Waals surface area contributed by atoms with Gasteiger partial charge in [-0.05, 0) is 26.0 Å². The summed E-state index contributed by atoms with van der Waals surface area (Å²) in [5, 5.41) is 7.17. The van der Waals surface area contributed by atoms with Crippen molar-refractivity contribution in [2.45, 2.75) is 20.0 Å². The molecule has 0 saturated carbocycles. The number of hydrogen-bond donors (Lipinski definition) is 1. The quantitative estimate of drug-likeness (QED) is 0.772. The maximum absolute atomic E-state index is 12.4. The molecular formula is C17H15N3O4S. The molecule has 1 aliphatic rings. The summed E-state index contributed by atoms with van der Waals surface area (Å²) in [4.78, 5) is 17.4. The zero-order valence-corrected chi connectivity index (χ0v) is 14.4. The highest BCUT2D eigenvalue weighted by Gasteiger charge is 2.27. The van der Waals surface area contributed by atoms with Crippen LogP contribution in [0, 0.1) is 13.8 Å². The summed E-state index contributed by atoms with van der Waals surface area (Å²) in [7, 11) is 0. The number of carbonyl (C=O) groups is 1. The van der Waals surface area contributed by atoms with Crippen molar-refractivity contribution in [2.24, 2.45) is 0 Å². The lowest BCUT2D eigenvalue weighted by atomic mass is 10.2. The fourth-order valence-electron chi connectivity index (χ4n) is 2.51. The lowest BCUT2D eigenvalue weighted by Gasteiger charge is -2.24. The summed E-state index contributed by atoms with van der Waals surface area (Å²) in [6.45, 7) is 3.91. The number of aromatic nitrogens is 2. The monoisotopic (exact) mass is 357 g/mol. The van der Waals surface area contributed by atoms with E-state index in [0.29, 0.717) is 45.3 Å². The number of carbonyl (C=O) groups excluding carboxylic acids is 1. The highest BCUT2D eigenvalue weighted by molar-refractivity contribution is 7.14. The predicted octanol–water partition coefficient (Wildman–Crippen LogP) is 3.51. The average Bonchev–Trinajstić information content (AvgIpc) is 3.20. The third-order valence-electron chi connectivity index (χ3n) is 3.67. The zero-order chi connectivity index (χ0) is 17.4. The van der Waals surface area contributed by atoms with Crippen LogP contribution in [0.1, 0.15) is 32.2 Å². The van der Waals surface area contributed by atoms with E-state index in [1.165, 1.54) is 11.3 Å². The number of benzene rings is 1. The summed E-state index contributed by atoms with van der Waals surface area (Å²) in [6.07, 6.45) is -0.338. The van der Waals surface area contributed by atoms with Crippen molar-refractivity contribution >= 4 is 23.1 Å². The summed E-state index contributed by atoms with van der Waals surface area (Å²) in [5.74, 6) is 2.13. The number of nitrogens with zero attached hydrogens (tertiary/aromatic N) is 2. The average molecular weight is 357 g/mol. The van der Waals surface area contributed by atoms with Crippen molar-refractivity contribution in [3.63, 3.8) is 0 Å². The van der Waals surface area contributed by atoms with E-state index in [-0.39, 0.29) is 12.0 Å². The minimum absolute atomic E-state index is 0.272. The minimum Gasteiger partial charge on any atom is -0.485 e. The molecule has 1 aromatic carbocycles. The molecule has 0 bridgehead atoms. The van der Waals surface area contributed by atoms with Gasteiger partial charge in [0.2, 0.25) is 0 Å². The van der Waals surface area contributed by atoms with Gasteiger partial charge in [0.05, 0.1) is 5.69 Å². The number of anilines is 1. The van der Waals surface area contributed by atoms with E-state index in [1.807, 2.05) is 24.3 Å². The molecule has 3 aromatic rings. The Kier molecular flexibility index (Phi) is 3.89. The number of para-hydroxylation sites is 2. The third kappa shape index (κ3) is 3.08. The topological polar surface area (TPSA) is 86.5 Å². The molecule has 0 spiro atoms. The third-order valence-corrected chi connectivity index (χ3v) is 4.92. The van der Waals surface area contributed by atoms with Gasteiger partial charge in [-0.15, -0.1) is 11.3 Å². The Balaban J connectivity index is 1.53. The van der Waals surface area contributed by atoms with E-state index >= 15 is 0 Å². The van der Waals surface area contributed by atoms with Crippen LogP contribution in [0.3, 0.4) is 0 Å². The second-order valence-corrected chi connectivity index (χ2v) is 6.64. The van der Waals surface area contributed by atoms with E-state index in [0.717, 1.165) is 0 Å². The van der Waals surface area contributed by atoms with Crippen LogP contribution in [0.25, 0.3) is 0 Å². The second-order valence-electron chi connectivity index (χ2n) is 5.61. The molecule has 1 aliphatic heterocycles. The van der Waals surface area contributed by atoms with Gasteiger partial charge in [-0.2, -0.15) is 0 Å². The van der Waals surface area contributed by atoms with E-state index in [2.05, 4.69) is 15.5 Å². The molecule has 0 radical (unpaired) electrons. The first-order valence-corrected chi connectivity index (χ1v) is 8.52. The van der Waals surface area contributed by atoms with E-state index in [1.54, 1.807) is 19.9 Å². The molecule has 0 fully saturated rings. The number of hydrogen-bond acceptors (Lipinski definition) is 7. The van der Waals surface area contributed by atoms with Gasteiger partial charge in [0, 0.05) is 6.07 Å². The van der Waals surface area contributed by atoms with Crippen LogP contribution in [0.2, 0.25) is 0 Å². The smallest absolute Gasteiger partial charge is 0.268 e. The molecule has 0 unspecified atom stereocenters. The fraction of sp³-hybridized carbons (Fsp3) is 0.235. The van der Waals surface area contributed by atoms with E-state index in [4.69, 9.17) is 14.0 Å². The maximum Gasteiger partial charge on any atom is 0.268 e. The second kappa shape index (κ2) is 6.21. The van der Waals surface area contributed by atoms with Gasteiger partial charge in [-0.1, -0.05) is 17.3 Å². The number of aryl methyl sites for hydroxylation is 2. The molecule has 25 heavy (non-hydrogen) atoms. The van der Waals surface area contributed by atoms with Crippen LogP contribution in [-0.4, -0.2) is 22.7 Å². The number of amides is 1. The first kappa shape index (κ1) is 15.6. The number of ether oxygens (including phenoxy) is 2. The van der Waals surface area contributed by atoms with Gasteiger partial charge in [0.25, 0.3) is 5.91 Å². The van der Waals surface area contributed by atoms with E-state index in [9.17, 15) is 4.79 Å². The Morgan fingerprint density at radius 3 is 2.84 bits per heavy atom. The summed E-state index contributed by atoms with van der Waals surface area (Å²) in [5.41, 5.74) is 0.639. The molecule has 3 heterocycles. The van der Waals surface area contributed by atoms with Crippen LogP contribution in [0.15, 0.2) is 34.9 Å². The van der Waals surface area contributed by atoms with Crippen LogP contribution in [0.4, 0.5) is 5.82 Å². The lowest BCUT2D eigenvalue weighted by Crippen LogP contribution is -2.21. The standard InChI is InChI=1S/C17H15N3O4S/c1-9-7-14(20-24-9)19-16(21)15-10(2)18-17(25-15)13-8-22-11-5-3-4-6-12(11)23-13/h3-7,13H,8H2,1-2H3,(H,19,20,21)/t13-/m1/s1. The normalized spacial score (nSPS) is 15.8. The molecule has 8 heteroatoms. The molecule has 0 saturated heterocycles. The fourth-order valence-corrected chi connectivity index (χ4v) is 3.48. The SMILES string of the molecule is Cc1cc(NC(=O)c2sc([C@H]3COc4ccccc4O3)nc2C)no1. The molecule has 1 atom stereocenters. The predicted molar refractivity (Wildman–Crippen MR) is 91.4 cm³/mol. The molecule has 7 nitrogen and oxygen atoms in total. The molecule has 1 amide bonds. The molecular weight excluding hydrogens is 342 g/mol. The lowest BCUT2D eigenvalue weighted by molar-refractivity contribution is 0.0910. The summed E-state index contributed by atoms with van der Waals surface area (Å²) >= 11 is 1.29. The number of fused-ring (bicyclic) bond motifs is 1. The van der Waals surface area contributed by atoms with Crippen molar-refractivity contribution in [2.75, 3.05) is 11.9 Å². The Morgan fingerprint density at radius 1 is 1.28 bits per heavy atom. The molecule has 128 valence electrons. The Morgan fingerprint density at radius 2 is 2.08 bits per heavy atom. The zero-order valence-electron chi connectivity index (χ0n) is 13.6. The number of thiazole rings is 1. The largest absolute Gasteiger partial charge is 0.485 e. The van der Waals surface area contributed by atoms with Crippen LogP contribution in [-0.2, 0) is 0 Å². The Bertz CT molecular complexity index is 934. The van der Waals surface area contributed by atoms with Crippen molar-refractivity contribution in [1.82, 2.24) is 10.1 Å². The first-order valence-electron chi connectivity index (χ1n) is 7.70. The molecule has 4 rings (SSSR count). The van der Waals surface area contributed by atoms with Crippen LogP contribution in [0.5, 0.6) is 11.5 Å². The van der Waals surface area contributed by atoms with E-state index < -0.39 is 0 Å². The Labute approximate surface area is 147 Å². The highest BCUT2D eigenvalue weighted by Crippen LogP contribution is 2.37. The van der Waals surface area contributed by atoms with Gasteiger partial charge in [0.15, 0.2) is 23.4 Å². The summed E-state index contributed by atoms with van der Waals surface area (Å²) < 4.78 is 16.6. The molecule has 1 N–H and O–H groups in total. The molecule has 0 aliphatic carbocycles.